The van der Waals surface area contributed by atoms with Crippen LogP contribution in [-0.4, -0.2) is 68.8 Å². The number of anilines is 3. The maximum atomic E-state index is 11.8. The minimum absolute atomic E-state index is 0.0507. The van der Waals surface area contributed by atoms with Gasteiger partial charge in [0.25, 0.3) is 0 Å². The van der Waals surface area contributed by atoms with Gasteiger partial charge < -0.3 is 25.4 Å². The summed E-state index contributed by atoms with van der Waals surface area (Å²) in [6, 6.07) is 0. The van der Waals surface area contributed by atoms with E-state index in [-0.39, 0.29) is 23.8 Å². The summed E-state index contributed by atoms with van der Waals surface area (Å²) in [5, 5.41) is 9.04. The van der Waals surface area contributed by atoms with Crippen molar-refractivity contribution in [3.05, 3.63) is 29.7 Å². The van der Waals surface area contributed by atoms with Crippen molar-refractivity contribution in [1.29, 1.82) is 0 Å². The molecule has 1 saturated heterocycles. The van der Waals surface area contributed by atoms with Crippen LogP contribution in [0.4, 0.5) is 17.7 Å². The Morgan fingerprint density at radius 3 is 2.10 bits per heavy atom. The third kappa shape index (κ3) is 6.00. The predicted molar refractivity (Wildman–Crippen MR) is 114 cm³/mol. The molecule has 2 aromatic rings. The zero-order chi connectivity index (χ0) is 22.6. The molecular weight excluding hydrogens is 402 g/mol. The van der Waals surface area contributed by atoms with Crippen LogP contribution in [0.15, 0.2) is 18.6 Å². The van der Waals surface area contributed by atoms with E-state index >= 15 is 0 Å². The molecule has 2 aromatic heterocycles. The van der Waals surface area contributed by atoms with Crippen molar-refractivity contribution >= 4 is 29.7 Å². The molecule has 0 atom stereocenters. The zero-order valence-corrected chi connectivity index (χ0v) is 17.9. The van der Waals surface area contributed by atoms with Gasteiger partial charge in [-0.15, -0.1) is 0 Å². The number of hydrogen-bond acceptors (Lipinski definition) is 10. The average Bonchev–Trinajstić information content (AvgIpc) is 2.71. The number of carbonyl (C=O) groups excluding carboxylic acids is 1. The van der Waals surface area contributed by atoms with Crippen molar-refractivity contribution in [3.8, 4) is 0 Å². The monoisotopic (exact) mass is 429 g/mol. The van der Waals surface area contributed by atoms with Crippen molar-refractivity contribution in [2.24, 2.45) is 0 Å². The largest absolute Gasteiger partial charge is 0.477 e. The van der Waals surface area contributed by atoms with Gasteiger partial charge in [0, 0.05) is 51.2 Å². The molecule has 1 aliphatic heterocycles. The number of hydrogen-bond donors (Lipinski definition) is 2. The van der Waals surface area contributed by atoms with Crippen LogP contribution >= 0.6 is 0 Å². The molecule has 11 heteroatoms. The topological polar surface area (TPSA) is 148 Å². The van der Waals surface area contributed by atoms with Crippen molar-refractivity contribution in [2.45, 2.75) is 39.2 Å². The fourth-order valence-corrected chi connectivity index (χ4v) is 3.09. The van der Waals surface area contributed by atoms with Crippen molar-refractivity contribution in [3.63, 3.8) is 0 Å². The maximum absolute atomic E-state index is 11.8. The van der Waals surface area contributed by atoms with Crippen LogP contribution in [0.5, 0.6) is 0 Å². The highest BCUT2D eigenvalue weighted by Gasteiger charge is 2.22. The molecule has 3 heterocycles. The number of piperazine rings is 1. The first kappa shape index (κ1) is 22.2. The van der Waals surface area contributed by atoms with E-state index in [2.05, 4.69) is 19.9 Å². The summed E-state index contributed by atoms with van der Waals surface area (Å²) in [5.41, 5.74) is 5.99. The summed E-state index contributed by atoms with van der Waals surface area (Å²) in [5.74, 6) is -0.430. The number of aromatic nitrogens is 4. The molecule has 0 spiro atoms. The van der Waals surface area contributed by atoms with Gasteiger partial charge in [-0.05, 0) is 32.8 Å². The minimum Gasteiger partial charge on any atom is -0.477 e. The van der Waals surface area contributed by atoms with Crippen molar-refractivity contribution in [2.75, 3.05) is 41.7 Å². The second-order valence-electron chi connectivity index (χ2n) is 8.23. The fourth-order valence-electron chi connectivity index (χ4n) is 3.09. The lowest BCUT2D eigenvalue weighted by atomic mass is 10.1. The molecule has 166 valence electrons. The van der Waals surface area contributed by atoms with E-state index in [1.54, 1.807) is 12.4 Å². The Labute approximate surface area is 180 Å². The highest BCUT2D eigenvalue weighted by molar-refractivity contribution is 5.92. The predicted octanol–water partition coefficient (Wildman–Crippen LogP) is 1.15. The lowest BCUT2D eigenvalue weighted by molar-refractivity contribution is -0.154. The number of esters is 1. The summed E-state index contributed by atoms with van der Waals surface area (Å²) in [6.07, 6.45) is 5.49. The number of carboxylic acid groups (broad SMARTS) is 1. The van der Waals surface area contributed by atoms with Crippen molar-refractivity contribution < 1.29 is 19.4 Å². The first-order valence-corrected chi connectivity index (χ1v) is 10.0. The molecule has 1 aliphatic rings. The molecule has 1 fully saturated rings. The number of carbonyl (C=O) groups is 2. The van der Waals surface area contributed by atoms with E-state index in [1.807, 2.05) is 30.6 Å². The van der Waals surface area contributed by atoms with Crippen LogP contribution in [0.25, 0.3) is 0 Å². The lowest BCUT2D eigenvalue weighted by Gasteiger charge is -2.34. The molecule has 0 amide bonds. The molecule has 3 rings (SSSR count). The van der Waals surface area contributed by atoms with Gasteiger partial charge in [-0.3, -0.25) is 4.79 Å². The van der Waals surface area contributed by atoms with Gasteiger partial charge in [0.1, 0.15) is 17.0 Å². The molecule has 0 saturated carbocycles. The molecule has 0 bridgehead atoms. The second kappa shape index (κ2) is 9.11. The second-order valence-corrected chi connectivity index (χ2v) is 8.23. The lowest BCUT2D eigenvalue weighted by Crippen LogP contribution is -2.47. The molecule has 0 radical (unpaired) electrons. The van der Waals surface area contributed by atoms with E-state index < -0.39 is 11.6 Å². The zero-order valence-electron chi connectivity index (χ0n) is 17.9. The normalized spacial score (nSPS) is 14.4. The van der Waals surface area contributed by atoms with Gasteiger partial charge in [-0.1, -0.05) is 0 Å². The molecule has 31 heavy (non-hydrogen) atoms. The standard InChI is InChI=1S/C20H27N7O4/c1-20(2,3)31-15(28)5-4-13-10-22-18(23-11-13)26-6-8-27(9-7-26)19-24-12-14(17(29)30)16(21)25-19/h10-12H,4-9H2,1-3H3,(H,29,30)(H2,21,24,25). The average molecular weight is 429 g/mol. The van der Waals surface area contributed by atoms with Crippen LogP contribution in [0, 0.1) is 0 Å². The van der Waals surface area contributed by atoms with E-state index in [9.17, 15) is 9.59 Å². The SMILES string of the molecule is CC(C)(C)OC(=O)CCc1cnc(N2CCN(c3ncc(C(=O)O)c(N)n3)CC2)nc1. The summed E-state index contributed by atoms with van der Waals surface area (Å²) in [6.45, 7) is 8.08. The Kier molecular flexibility index (Phi) is 6.52. The number of carboxylic acids is 1. The number of nitrogens with zero attached hydrogens (tertiary/aromatic N) is 6. The molecule has 0 aliphatic carbocycles. The van der Waals surface area contributed by atoms with E-state index in [4.69, 9.17) is 15.6 Å². The smallest absolute Gasteiger partial charge is 0.341 e. The van der Waals surface area contributed by atoms with Crippen LogP contribution in [-0.2, 0) is 16.0 Å². The molecule has 3 N–H and O–H groups in total. The highest BCUT2D eigenvalue weighted by atomic mass is 16.6. The fraction of sp³-hybridized carbons (Fsp3) is 0.500. The molecule has 11 nitrogen and oxygen atoms in total. The van der Waals surface area contributed by atoms with Gasteiger partial charge in [0.15, 0.2) is 0 Å². The van der Waals surface area contributed by atoms with Gasteiger partial charge in [-0.2, -0.15) is 4.98 Å². The van der Waals surface area contributed by atoms with Crippen molar-refractivity contribution in [1.82, 2.24) is 19.9 Å². The van der Waals surface area contributed by atoms with Crippen LogP contribution in [0.1, 0.15) is 43.1 Å². The molecule has 0 aromatic carbocycles. The van der Waals surface area contributed by atoms with Crippen LogP contribution in [0.3, 0.4) is 0 Å². The molecule has 0 unspecified atom stereocenters. The van der Waals surface area contributed by atoms with E-state index in [0.29, 0.717) is 44.5 Å². The van der Waals surface area contributed by atoms with Gasteiger partial charge in [0.05, 0.1) is 0 Å². The first-order valence-electron chi connectivity index (χ1n) is 10.0. The Morgan fingerprint density at radius 1 is 1.03 bits per heavy atom. The van der Waals surface area contributed by atoms with Crippen LogP contribution in [0.2, 0.25) is 0 Å². The number of rotatable bonds is 6. The minimum atomic E-state index is -1.15. The van der Waals surface area contributed by atoms with Gasteiger partial charge in [0.2, 0.25) is 11.9 Å². The first-order chi connectivity index (χ1) is 14.6. The van der Waals surface area contributed by atoms with E-state index in [1.165, 1.54) is 6.20 Å². The number of aromatic carboxylic acids is 1. The number of ether oxygens (including phenoxy) is 1. The van der Waals surface area contributed by atoms with Gasteiger partial charge in [-0.25, -0.2) is 19.7 Å². The van der Waals surface area contributed by atoms with E-state index in [0.717, 1.165) is 5.56 Å². The van der Waals surface area contributed by atoms with Crippen LogP contribution < -0.4 is 15.5 Å². The number of nitrogens with two attached hydrogens (primary N) is 1. The highest BCUT2D eigenvalue weighted by Crippen LogP contribution is 2.18. The van der Waals surface area contributed by atoms with Gasteiger partial charge >= 0.3 is 11.9 Å². The number of nitrogen functional groups attached to an aromatic ring is 1. The molecular formula is C20H27N7O4. The Hall–Kier alpha value is -3.50. The Morgan fingerprint density at radius 2 is 1.58 bits per heavy atom. The third-order valence-electron chi connectivity index (χ3n) is 4.61. The third-order valence-corrected chi connectivity index (χ3v) is 4.61. The summed E-state index contributed by atoms with van der Waals surface area (Å²) >= 11 is 0. The maximum Gasteiger partial charge on any atom is 0.341 e. The Balaban J connectivity index is 1.52. The summed E-state index contributed by atoms with van der Waals surface area (Å²) in [4.78, 5) is 43.9. The summed E-state index contributed by atoms with van der Waals surface area (Å²) in [7, 11) is 0. The summed E-state index contributed by atoms with van der Waals surface area (Å²) < 4.78 is 5.31. The quantitative estimate of drug-likeness (QED) is 0.637. The number of aryl methyl sites for hydroxylation is 1. The Bertz CT molecular complexity index is 936.